The molecule has 0 heterocycles. The van der Waals surface area contributed by atoms with Gasteiger partial charge in [0.1, 0.15) is 0 Å². The molecule has 0 aromatic heterocycles. The first-order valence-corrected chi connectivity index (χ1v) is 17.4. The van der Waals surface area contributed by atoms with E-state index in [0.717, 1.165) is 55.5 Å². The van der Waals surface area contributed by atoms with Crippen LogP contribution in [-0.2, 0) is 8.85 Å². The summed E-state index contributed by atoms with van der Waals surface area (Å²) in [4.78, 5) is 25.0. The molecule has 0 aliphatic carbocycles. The van der Waals surface area contributed by atoms with Gasteiger partial charge in [0.15, 0.2) is 0 Å². The van der Waals surface area contributed by atoms with Crippen LogP contribution in [0.5, 0.6) is 0 Å². The zero-order valence-electron chi connectivity index (χ0n) is 21.6. The van der Waals surface area contributed by atoms with E-state index in [-0.39, 0.29) is 0 Å². The highest BCUT2D eigenvalue weighted by Gasteiger charge is 2.41. The van der Waals surface area contributed by atoms with E-state index in [1.54, 1.807) is 0 Å². The minimum Gasteiger partial charge on any atom is -0.501 e. The Morgan fingerprint density at radius 1 is 0.613 bits per heavy atom. The molecule has 0 unspecified atom stereocenters. The smallest absolute Gasteiger partial charge is 0.439 e. The maximum atomic E-state index is 12.6. The number of carbonyl (C=O) groups excluding carboxylic acids is 2. The van der Waals surface area contributed by atoms with Crippen LogP contribution in [-0.4, -0.2) is 28.8 Å². The minimum atomic E-state index is -2.35. The molecule has 0 saturated heterocycles. The van der Waals surface area contributed by atoms with Gasteiger partial charge in [-0.3, -0.25) is 0 Å². The summed E-state index contributed by atoms with van der Waals surface area (Å²) < 4.78 is 11.9. The predicted octanol–water partition coefficient (Wildman–Crippen LogP) is 8.80. The van der Waals surface area contributed by atoms with Crippen LogP contribution in [0.3, 0.4) is 0 Å². The molecule has 0 aliphatic heterocycles. The van der Waals surface area contributed by atoms with E-state index in [1.807, 2.05) is 0 Å². The van der Waals surface area contributed by atoms with E-state index in [0.29, 0.717) is 17.8 Å². The fourth-order valence-electron chi connectivity index (χ4n) is 4.99. The molecule has 0 aromatic rings. The third kappa shape index (κ3) is 12.6. The van der Waals surface area contributed by atoms with Gasteiger partial charge < -0.3 is 8.85 Å². The lowest BCUT2D eigenvalue weighted by atomic mass is 10.2. The second-order valence-corrected chi connectivity index (χ2v) is 18.2. The molecule has 0 atom stereocenters. The van der Waals surface area contributed by atoms with Crippen molar-refractivity contribution in [2.45, 2.75) is 118 Å². The van der Waals surface area contributed by atoms with Gasteiger partial charge in [0.2, 0.25) is 0 Å². The summed E-state index contributed by atoms with van der Waals surface area (Å²) in [5.41, 5.74) is 0. The first kappa shape index (κ1) is 30.0. The van der Waals surface area contributed by atoms with E-state index in [2.05, 4.69) is 72.5 Å². The van der Waals surface area contributed by atoms with Crippen molar-refractivity contribution in [3.05, 3.63) is 0 Å². The molecule has 0 saturated carbocycles. The Kier molecular flexibility index (Phi) is 14.4. The average Bonchev–Trinajstić information content (AvgIpc) is 2.58. The summed E-state index contributed by atoms with van der Waals surface area (Å²) in [6.45, 7) is 19.3. The molecule has 0 spiro atoms. The number of hydrogen-bond acceptors (Lipinski definition) is 4. The largest absolute Gasteiger partial charge is 0.501 e. The SMILES string of the molecule is CCC[Si](CCC)(CCC)OC(=O)N=NC(=O)O[Si](CC(C)C)(CC(C)C)CC(C)C. The van der Waals surface area contributed by atoms with E-state index in [1.165, 1.54) is 0 Å². The molecule has 0 radical (unpaired) electrons. The number of nitrogens with zero attached hydrogens (tertiary/aromatic N) is 2. The molecule has 0 aliphatic rings. The van der Waals surface area contributed by atoms with Crippen molar-refractivity contribution in [1.29, 1.82) is 0 Å². The Bertz CT molecular complexity index is 522. The first-order chi connectivity index (χ1) is 14.4. The van der Waals surface area contributed by atoms with Gasteiger partial charge in [0, 0.05) is 0 Å². The molecule has 0 bridgehead atoms. The van der Waals surface area contributed by atoms with Crippen molar-refractivity contribution in [1.82, 2.24) is 0 Å². The Labute approximate surface area is 193 Å². The molecule has 0 rings (SSSR count). The van der Waals surface area contributed by atoms with Gasteiger partial charge in [-0.15, -0.1) is 0 Å². The molecule has 0 fully saturated rings. The van der Waals surface area contributed by atoms with Gasteiger partial charge >= 0.3 is 12.2 Å². The number of rotatable bonds is 14. The lowest BCUT2D eigenvalue weighted by Gasteiger charge is -2.34. The van der Waals surface area contributed by atoms with Crippen molar-refractivity contribution < 1.29 is 18.4 Å². The molecular weight excluding hydrogens is 424 g/mol. The topological polar surface area (TPSA) is 77.3 Å². The van der Waals surface area contributed by atoms with Crippen molar-refractivity contribution in [2.75, 3.05) is 0 Å². The van der Waals surface area contributed by atoms with Gasteiger partial charge in [-0.1, -0.05) is 91.8 Å². The lowest BCUT2D eigenvalue weighted by Crippen LogP contribution is -2.43. The Balaban J connectivity index is 5.42. The fraction of sp³-hybridized carbons (Fsp3) is 0.913. The van der Waals surface area contributed by atoms with E-state index in [4.69, 9.17) is 8.85 Å². The highest BCUT2D eigenvalue weighted by atomic mass is 28.4. The molecule has 2 amide bonds. The summed E-state index contributed by atoms with van der Waals surface area (Å²) in [6, 6.07) is 5.46. The maximum absolute atomic E-state index is 12.6. The van der Waals surface area contributed by atoms with E-state index < -0.39 is 28.8 Å². The van der Waals surface area contributed by atoms with Gasteiger partial charge in [-0.2, -0.15) is 0 Å². The van der Waals surface area contributed by atoms with Crippen LogP contribution in [0.15, 0.2) is 10.2 Å². The maximum Gasteiger partial charge on any atom is 0.439 e. The van der Waals surface area contributed by atoms with Gasteiger partial charge in [-0.05, 0) is 54.0 Å². The number of carbonyl (C=O) groups is 2. The Morgan fingerprint density at radius 2 is 0.903 bits per heavy atom. The number of amides is 2. The van der Waals surface area contributed by atoms with Crippen molar-refractivity contribution in [3.8, 4) is 0 Å². The summed E-state index contributed by atoms with van der Waals surface area (Å²) in [7, 11) is -4.54. The standard InChI is InChI=1S/C23H48N2O4Si2/c1-10-13-30(14-11-2,15-12-3)28-22(26)24-25-23(27)29-31(16-19(4)5,17-20(6)7)18-21(8)9/h19-21H,10-18H2,1-9H3. The zero-order valence-corrected chi connectivity index (χ0v) is 23.6. The van der Waals surface area contributed by atoms with Crippen molar-refractivity contribution in [2.24, 2.45) is 28.0 Å². The third-order valence-corrected chi connectivity index (χ3v) is 15.4. The highest BCUT2D eigenvalue weighted by molar-refractivity contribution is 6.75. The van der Waals surface area contributed by atoms with Crippen LogP contribution < -0.4 is 0 Å². The molecule has 0 N–H and O–H groups in total. The highest BCUT2D eigenvalue weighted by Crippen LogP contribution is 2.33. The molecular formula is C23H48N2O4Si2. The predicted molar refractivity (Wildman–Crippen MR) is 134 cm³/mol. The average molecular weight is 473 g/mol. The first-order valence-electron chi connectivity index (χ1n) is 12.3. The van der Waals surface area contributed by atoms with E-state index >= 15 is 0 Å². The number of azo groups is 1. The Morgan fingerprint density at radius 3 is 1.16 bits per heavy atom. The van der Waals surface area contributed by atoms with Gasteiger partial charge in [0.05, 0.1) is 0 Å². The van der Waals surface area contributed by atoms with Crippen LogP contribution in [0.25, 0.3) is 0 Å². The molecule has 182 valence electrons. The quantitative estimate of drug-likeness (QED) is 0.187. The van der Waals surface area contributed by atoms with Crippen molar-refractivity contribution in [3.63, 3.8) is 0 Å². The molecule has 8 heteroatoms. The van der Waals surface area contributed by atoms with Crippen LogP contribution in [0.2, 0.25) is 36.3 Å². The van der Waals surface area contributed by atoms with Crippen LogP contribution >= 0.6 is 0 Å². The normalized spacial score (nSPS) is 12.9. The monoisotopic (exact) mass is 472 g/mol. The van der Waals surface area contributed by atoms with Crippen molar-refractivity contribution >= 4 is 28.8 Å². The summed E-state index contributed by atoms with van der Waals surface area (Å²) in [5.74, 6) is 1.30. The number of hydrogen-bond donors (Lipinski definition) is 0. The second-order valence-electron chi connectivity index (χ2n) is 10.3. The molecule has 6 nitrogen and oxygen atoms in total. The third-order valence-electron chi connectivity index (χ3n) is 5.28. The molecule has 31 heavy (non-hydrogen) atoms. The van der Waals surface area contributed by atoms with Crippen LogP contribution in [0.4, 0.5) is 9.59 Å². The summed E-state index contributed by atoms with van der Waals surface area (Å²) >= 11 is 0. The van der Waals surface area contributed by atoms with Gasteiger partial charge in [-0.25, -0.2) is 9.59 Å². The fourth-order valence-corrected chi connectivity index (χ4v) is 14.8. The van der Waals surface area contributed by atoms with E-state index in [9.17, 15) is 9.59 Å². The molecule has 0 aromatic carbocycles. The van der Waals surface area contributed by atoms with Crippen LogP contribution in [0.1, 0.15) is 81.6 Å². The van der Waals surface area contributed by atoms with Gasteiger partial charge in [0.25, 0.3) is 16.6 Å². The second kappa shape index (κ2) is 14.9. The summed E-state index contributed by atoms with van der Waals surface area (Å²) in [6.07, 6.45) is 1.47. The Hall–Kier alpha value is -1.03. The lowest BCUT2D eigenvalue weighted by molar-refractivity contribution is 0.195. The zero-order chi connectivity index (χ0) is 24.1. The minimum absolute atomic E-state index is 0.433. The summed E-state index contributed by atoms with van der Waals surface area (Å²) in [5, 5.41) is 7.27. The van der Waals surface area contributed by atoms with Crippen LogP contribution in [0, 0.1) is 17.8 Å².